The third-order valence-corrected chi connectivity index (χ3v) is 3.49. The Bertz CT molecular complexity index is 371. The zero-order valence-electron chi connectivity index (χ0n) is 8.47. The van der Waals surface area contributed by atoms with Gasteiger partial charge >= 0.3 is 0 Å². The second-order valence-corrected chi connectivity index (χ2v) is 4.43. The van der Waals surface area contributed by atoms with E-state index >= 15 is 0 Å². The van der Waals surface area contributed by atoms with E-state index in [4.69, 9.17) is 0 Å². The summed E-state index contributed by atoms with van der Waals surface area (Å²) < 4.78 is 3.03. The number of nitrogens with zero attached hydrogens (tertiary/aromatic N) is 2. The fraction of sp³-hybridized carbons (Fsp3) is 0.500. The summed E-state index contributed by atoms with van der Waals surface area (Å²) in [6.45, 7) is 4.12. The van der Waals surface area contributed by atoms with Crippen molar-refractivity contribution in [1.82, 2.24) is 15.1 Å². The van der Waals surface area contributed by atoms with E-state index in [1.165, 1.54) is 11.3 Å². The maximum Gasteiger partial charge on any atom is 0.0751 e. The normalized spacial score (nSPS) is 19.5. The number of hydrogen-bond donors (Lipinski definition) is 1. The predicted molar refractivity (Wildman–Crippen MR) is 61.1 cm³/mol. The summed E-state index contributed by atoms with van der Waals surface area (Å²) in [5, 5.41) is 7.68. The molecule has 1 aliphatic rings. The Morgan fingerprint density at radius 2 is 2.36 bits per heavy atom. The van der Waals surface area contributed by atoms with Crippen LogP contribution in [0.1, 0.15) is 17.8 Å². The fourth-order valence-corrected chi connectivity index (χ4v) is 2.16. The Labute approximate surface area is 92.3 Å². The van der Waals surface area contributed by atoms with Crippen LogP contribution in [-0.2, 0) is 7.05 Å². The lowest BCUT2D eigenvalue weighted by atomic mass is 10.2. The van der Waals surface area contributed by atoms with Crippen LogP contribution in [0, 0.1) is 6.92 Å². The molecule has 0 spiro atoms. The lowest BCUT2D eigenvalue weighted by Crippen LogP contribution is -2.04. The molecular weight excluding hydrogens is 242 g/mol. The van der Waals surface area contributed by atoms with Gasteiger partial charge in [0.25, 0.3) is 0 Å². The second-order valence-electron chi connectivity index (χ2n) is 3.64. The van der Waals surface area contributed by atoms with Crippen LogP contribution in [0.25, 0.3) is 6.08 Å². The Morgan fingerprint density at radius 1 is 1.57 bits per heavy atom. The summed E-state index contributed by atoms with van der Waals surface area (Å²) >= 11 is 3.56. The molecule has 1 aromatic rings. The van der Waals surface area contributed by atoms with E-state index in [9.17, 15) is 0 Å². The van der Waals surface area contributed by atoms with E-state index in [1.54, 1.807) is 0 Å². The molecule has 14 heavy (non-hydrogen) atoms. The number of hydrogen-bond acceptors (Lipinski definition) is 2. The predicted octanol–water partition coefficient (Wildman–Crippen LogP) is 1.87. The number of halogens is 1. The minimum Gasteiger partial charge on any atom is -0.313 e. The molecule has 76 valence electrons. The second kappa shape index (κ2) is 3.87. The molecule has 4 heteroatoms. The third kappa shape index (κ3) is 1.77. The van der Waals surface area contributed by atoms with Crippen molar-refractivity contribution in [2.45, 2.75) is 13.3 Å². The summed E-state index contributed by atoms with van der Waals surface area (Å²) in [5.41, 5.74) is 3.67. The van der Waals surface area contributed by atoms with Gasteiger partial charge in [0, 0.05) is 13.6 Å². The van der Waals surface area contributed by atoms with Crippen LogP contribution in [0.15, 0.2) is 10.0 Å². The molecule has 2 rings (SSSR count). The van der Waals surface area contributed by atoms with Crippen molar-refractivity contribution in [3.8, 4) is 0 Å². The van der Waals surface area contributed by atoms with Gasteiger partial charge in [0.2, 0.25) is 0 Å². The van der Waals surface area contributed by atoms with Crippen molar-refractivity contribution in [2.75, 3.05) is 13.1 Å². The SMILES string of the molecule is Cc1nn(C)c(C=C2CCNC2)c1Br. The third-order valence-electron chi connectivity index (χ3n) is 2.51. The number of rotatable bonds is 1. The zero-order valence-corrected chi connectivity index (χ0v) is 10.1. The molecule has 2 heterocycles. The molecule has 1 fully saturated rings. The standard InChI is InChI=1S/C10H14BrN3/c1-7-10(11)9(14(2)13-7)5-8-3-4-12-6-8/h5,12H,3-4,6H2,1-2H3. The van der Waals surface area contributed by atoms with Gasteiger partial charge in [-0.25, -0.2) is 0 Å². The van der Waals surface area contributed by atoms with Crippen LogP contribution in [0.5, 0.6) is 0 Å². The summed E-state index contributed by atoms with van der Waals surface area (Å²) in [4.78, 5) is 0. The molecular formula is C10H14BrN3. The first-order valence-electron chi connectivity index (χ1n) is 4.77. The molecule has 1 aliphatic heterocycles. The van der Waals surface area contributed by atoms with Crippen LogP contribution >= 0.6 is 15.9 Å². The highest BCUT2D eigenvalue weighted by Gasteiger charge is 2.11. The first-order chi connectivity index (χ1) is 6.68. The van der Waals surface area contributed by atoms with Crippen molar-refractivity contribution in [1.29, 1.82) is 0 Å². The van der Waals surface area contributed by atoms with Crippen LogP contribution in [0.4, 0.5) is 0 Å². The lowest BCUT2D eigenvalue weighted by molar-refractivity contribution is 0.748. The Morgan fingerprint density at radius 3 is 2.86 bits per heavy atom. The van der Waals surface area contributed by atoms with Crippen LogP contribution < -0.4 is 5.32 Å². The van der Waals surface area contributed by atoms with E-state index in [1.807, 2.05) is 18.7 Å². The van der Waals surface area contributed by atoms with Crippen molar-refractivity contribution in [2.24, 2.45) is 7.05 Å². The summed E-state index contributed by atoms with van der Waals surface area (Å²) in [7, 11) is 1.98. The van der Waals surface area contributed by atoms with Crippen molar-refractivity contribution < 1.29 is 0 Å². The maximum absolute atomic E-state index is 4.36. The van der Waals surface area contributed by atoms with E-state index in [2.05, 4.69) is 32.4 Å². The Kier molecular flexibility index (Phi) is 2.74. The molecule has 0 unspecified atom stereocenters. The molecule has 1 aromatic heterocycles. The molecule has 0 amide bonds. The maximum atomic E-state index is 4.36. The summed E-state index contributed by atoms with van der Waals surface area (Å²) in [6.07, 6.45) is 3.38. The quantitative estimate of drug-likeness (QED) is 0.831. The monoisotopic (exact) mass is 255 g/mol. The van der Waals surface area contributed by atoms with Gasteiger partial charge in [0.05, 0.1) is 15.9 Å². The minimum absolute atomic E-state index is 1.01. The highest BCUT2D eigenvalue weighted by Crippen LogP contribution is 2.23. The number of aromatic nitrogens is 2. The topological polar surface area (TPSA) is 29.9 Å². The molecule has 0 aromatic carbocycles. The fourth-order valence-electron chi connectivity index (χ4n) is 1.71. The number of aryl methyl sites for hydroxylation is 2. The molecule has 0 atom stereocenters. The molecule has 0 aliphatic carbocycles. The average molecular weight is 256 g/mol. The highest BCUT2D eigenvalue weighted by atomic mass is 79.9. The van der Waals surface area contributed by atoms with Crippen molar-refractivity contribution >= 4 is 22.0 Å². The van der Waals surface area contributed by atoms with Crippen LogP contribution in [-0.4, -0.2) is 22.9 Å². The molecule has 1 saturated heterocycles. The average Bonchev–Trinajstić information content (AvgIpc) is 2.71. The molecule has 0 radical (unpaired) electrons. The van der Waals surface area contributed by atoms with Gasteiger partial charge in [-0.1, -0.05) is 5.57 Å². The van der Waals surface area contributed by atoms with Gasteiger partial charge in [0.15, 0.2) is 0 Å². The van der Waals surface area contributed by atoms with Crippen LogP contribution in [0.3, 0.4) is 0 Å². The van der Waals surface area contributed by atoms with Crippen molar-refractivity contribution in [3.63, 3.8) is 0 Å². The minimum atomic E-state index is 1.01. The molecule has 0 saturated carbocycles. The highest BCUT2D eigenvalue weighted by molar-refractivity contribution is 9.10. The van der Waals surface area contributed by atoms with Crippen molar-refractivity contribution in [3.05, 3.63) is 21.4 Å². The van der Waals surface area contributed by atoms with Crippen LogP contribution in [0.2, 0.25) is 0 Å². The lowest BCUT2D eigenvalue weighted by Gasteiger charge is -1.98. The van der Waals surface area contributed by atoms with Gasteiger partial charge < -0.3 is 5.32 Å². The van der Waals surface area contributed by atoms with Gasteiger partial charge in [-0.3, -0.25) is 4.68 Å². The first-order valence-corrected chi connectivity index (χ1v) is 5.57. The first kappa shape index (κ1) is 9.93. The molecule has 1 N–H and O–H groups in total. The Balaban J connectivity index is 2.36. The Hall–Kier alpha value is -0.610. The summed E-state index contributed by atoms with van der Waals surface area (Å²) in [6, 6.07) is 0. The molecule has 3 nitrogen and oxygen atoms in total. The van der Waals surface area contributed by atoms with Gasteiger partial charge in [-0.2, -0.15) is 5.10 Å². The zero-order chi connectivity index (χ0) is 10.1. The van der Waals surface area contributed by atoms with Gasteiger partial charge in [-0.05, 0) is 41.9 Å². The van der Waals surface area contributed by atoms with E-state index in [0.717, 1.165) is 29.7 Å². The van der Waals surface area contributed by atoms with Gasteiger partial charge in [0.1, 0.15) is 0 Å². The largest absolute Gasteiger partial charge is 0.313 e. The van der Waals surface area contributed by atoms with E-state index < -0.39 is 0 Å². The number of nitrogens with one attached hydrogen (secondary N) is 1. The van der Waals surface area contributed by atoms with E-state index in [0.29, 0.717) is 0 Å². The molecule has 0 bridgehead atoms. The smallest absolute Gasteiger partial charge is 0.0751 e. The summed E-state index contributed by atoms with van der Waals surface area (Å²) in [5.74, 6) is 0. The van der Waals surface area contributed by atoms with E-state index in [-0.39, 0.29) is 0 Å². The van der Waals surface area contributed by atoms with Gasteiger partial charge in [-0.15, -0.1) is 0 Å².